The van der Waals surface area contributed by atoms with Crippen molar-refractivity contribution >= 4 is 11.8 Å². The Morgan fingerprint density at radius 1 is 1.27 bits per heavy atom. The minimum atomic E-state index is -0.640. The summed E-state index contributed by atoms with van der Waals surface area (Å²) in [6.07, 6.45) is 5.12. The van der Waals surface area contributed by atoms with Crippen molar-refractivity contribution in [3.8, 4) is 0 Å². The Bertz CT molecular complexity index is 498. The molecule has 1 fully saturated rings. The molecule has 120 valence electrons. The SMILES string of the molecule is CN(C(=O)C1CCCC1)C(CCc1ccccc1)C(=O)NO. The minimum Gasteiger partial charge on any atom is -0.333 e. The molecule has 2 N–H and O–H groups in total. The maximum absolute atomic E-state index is 12.5. The van der Waals surface area contributed by atoms with Crippen LogP contribution in [0.3, 0.4) is 0 Å². The van der Waals surface area contributed by atoms with Crippen molar-refractivity contribution in [1.29, 1.82) is 0 Å². The standard InChI is InChI=1S/C17H24N2O3/c1-19(17(21)14-9-5-6-10-14)15(16(20)18-22)12-11-13-7-3-2-4-8-13/h2-4,7-8,14-15,22H,5-6,9-12H2,1H3,(H,18,20). The fourth-order valence-electron chi connectivity index (χ4n) is 3.14. The summed E-state index contributed by atoms with van der Waals surface area (Å²) in [6.45, 7) is 0. The average molecular weight is 304 g/mol. The van der Waals surface area contributed by atoms with Gasteiger partial charge in [-0.3, -0.25) is 14.8 Å². The number of carbonyl (C=O) groups excluding carboxylic acids is 2. The molecule has 0 radical (unpaired) electrons. The van der Waals surface area contributed by atoms with Crippen molar-refractivity contribution in [1.82, 2.24) is 10.4 Å². The van der Waals surface area contributed by atoms with Crippen molar-refractivity contribution in [2.24, 2.45) is 5.92 Å². The molecule has 2 amide bonds. The number of likely N-dealkylation sites (N-methyl/N-ethyl adjacent to an activating group) is 1. The molecule has 1 unspecified atom stereocenters. The topological polar surface area (TPSA) is 69.6 Å². The lowest BCUT2D eigenvalue weighted by molar-refractivity contribution is -0.145. The van der Waals surface area contributed by atoms with E-state index in [4.69, 9.17) is 5.21 Å². The first kappa shape index (κ1) is 16.5. The summed E-state index contributed by atoms with van der Waals surface area (Å²) in [5, 5.41) is 8.96. The fraction of sp³-hybridized carbons (Fsp3) is 0.529. The van der Waals surface area contributed by atoms with Crippen LogP contribution in [-0.2, 0) is 16.0 Å². The van der Waals surface area contributed by atoms with E-state index < -0.39 is 11.9 Å². The lowest BCUT2D eigenvalue weighted by atomic mass is 10.0. The van der Waals surface area contributed by atoms with Gasteiger partial charge in [-0.05, 0) is 31.2 Å². The number of benzene rings is 1. The largest absolute Gasteiger partial charge is 0.333 e. The third kappa shape index (κ3) is 4.07. The van der Waals surface area contributed by atoms with Gasteiger partial charge in [0.15, 0.2) is 0 Å². The van der Waals surface area contributed by atoms with E-state index >= 15 is 0 Å². The first-order valence-electron chi connectivity index (χ1n) is 7.88. The minimum absolute atomic E-state index is 0.0131. The molecular formula is C17H24N2O3. The van der Waals surface area contributed by atoms with E-state index in [0.29, 0.717) is 12.8 Å². The Morgan fingerprint density at radius 3 is 2.50 bits per heavy atom. The normalized spacial score (nSPS) is 16.3. The second-order valence-electron chi connectivity index (χ2n) is 5.95. The van der Waals surface area contributed by atoms with E-state index in [0.717, 1.165) is 31.2 Å². The molecule has 5 heteroatoms. The van der Waals surface area contributed by atoms with E-state index in [-0.39, 0.29) is 11.8 Å². The summed E-state index contributed by atoms with van der Waals surface area (Å²) >= 11 is 0. The predicted molar refractivity (Wildman–Crippen MR) is 83.2 cm³/mol. The number of nitrogens with zero attached hydrogens (tertiary/aromatic N) is 1. The van der Waals surface area contributed by atoms with Crippen LogP contribution >= 0.6 is 0 Å². The summed E-state index contributed by atoms with van der Waals surface area (Å²) in [6, 6.07) is 9.18. The molecule has 1 aliphatic carbocycles. The molecule has 1 aromatic rings. The van der Waals surface area contributed by atoms with Gasteiger partial charge in [-0.15, -0.1) is 0 Å². The van der Waals surface area contributed by atoms with Gasteiger partial charge in [0.1, 0.15) is 6.04 Å². The van der Waals surface area contributed by atoms with Crippen LogP contribution < -0.4 is 5.48 Å². The van der Waals surface area contributed by atoms with Crippen LogP contribution in [0.15, 0.2) is 30.3 Å². The van der Waals surface area contributed by atoms with Crippen LogP contribution in [0.2, 0.25) is 0 Å². The zero-order chi connectivity index (χ0) is 15.9. The fourth-order valence-corrected chi connectivity index (χ4v) is 3.14. The van der Waals surface area contributed by atoms with Crippen molar-refractivity contribution in [3.63, 3.8) is 0 Å². The second-order valence-corrected chi connectivity index (χ2v) is 5.95. The highest BCUT2D eigenvalue weighted by molar-refractivity contribution is 5.87. The monoisotopic (exact) mass is 304 g/mol. The summed E-state index contributed by atoms with van der Waals surface area (Å²) in [4.78, 5) is 25.9. The molecule has 1 aromatic carbocycles. The van der Waals surface area contributed by atoms with Crippen LogP contribution in [0.1, 0.15) is 37.7 Å². The second kappa shape index (κ2) is 7.94. The molecule has 1 atom stereocenters. The van der Waals surface area contributed by atoms with Gasteiger partial charge >= 0.3 is 0 Å². The summed E-state index contributed by atoms with van der Waals surface area (Å²) < 4.78 is 0. The Morgan fingerprint density at radius 2 is 1.91 bits per heavy atom. The van der Waals surface area contributed by atoms with Gasteiger partial charge in [0, 0.05) is 13.0 Å². The van der Waals surface area contributed by atoms with Crippen LogP contribution in [0.5, 0.6) is 0 Å². The van der Waals surface area contributed by atoms with Crippen LogP contribution in [0.25, 0.3) is 0 Å². The summed E-state index contributed by atoms with van der Waals surface area (Å²) in [5.41, 5.74) is 2.81. The average Bonchev–Trinajstić information content (AvgIpc) is 3.09. The highest BCUT2D eigenvalue weighted by atomic mass is 16.5. The third-order valence-corrected chi connectivity index (χ3v) is 4.48. The van der Waals surface area contributed by atoms with Gasteiger partial charge in [0.2, 0.25) is 5.91 Å². The molecule has 22 heavy (non-hydrogen) atoms. The Kier molecular flexibility index (Phi) is 5.95. The Balaban J connectivity index is 2.01. The first-order valence-corrected chi connectivity index (χ1v) is 7.88. The molecule has 2 rings (SSSR count). The number of rotatable bonds is 6. The maximum Gasteiger partial charge on any atom is 0.266 e. The number of hydrogen-bond acceptors (Lipinski definition) is 3. The highest BCUT2D eigenvalue weighted by Crippen LogP contribution is 2.27. The lowest BCUT2D eigenvalue weighted by Gasteiger charge is -2.28. The van der Waals surface area contributed by atoms with E-state index in [1.54, 1.807) is 12.5 Å². The molecule has 1 saturated carbocycles. The van der Waals surface area contributed by atoms with E-state index in [1.165, 1.54) is 4.90 Å². The van der Waals surface area contributed by atoms with E-state index in [1.807, 2.05) is 30.3 Å². The van der Waals surface area contributed by atoms with Gasteiger partial charge in [0.25, 0.3) is 5.91 Å². The van der Waals surface area contributed by atoms with Crippen molar-refractivity contribution < 1.29 is 14.8 Å². The molecule has 0 spiro atoms. The van der Waals surface area contributed by atoms with Crippen LogP contribution in [0, 0.1) is 5.92 Å². The molecule has 5 nitrogen and oxygen atoms in total. The highest BCUT2D eigenvalue weighted by Gasteiger charge is 2.32. The smallest absolute Gasteiger partial charge is 0.266 e. The van der Waals surface area contributed by atoms with Gasteiger partial charge in [-0.25, -0.2) is 5.48 Å². The van der Waals surface area contributed by atoms with Crippen molar-refractivity contribution in [2.45, 2.75) is 44.6 Å². The Labute approximate surface area is 131 Å². The lowest BCUT2D eigenvalue weighted by Crippen LogP contribution is -2.48. The molecular weight excluding hydrogens is 280 g/mol. The molecule has 0 saturated heterocycles. The zero-order valence-electron chi connectivity index (χ0n) is 13.0. The number of hydroxylamine groups is 1. The first-order chi connectivity index (χ1) is 10.6. The number of aryl methyl sites for hydroxylation is 1. The Hall–Kier alpha value is -1.88. The van der Waals surface area contributed by atoms with Gasteiger partial charge in [-0.1, -0.05) is 43.2 Å². The van der Waals surface area contributed by atoms with E-state index in [2.05, 4.69) is 0 Å². The van der Waals surface area contributed by atoms with Crippen molar-refractivity contribution in [3.05, 3.63) is 35.9 Å². The van der Waals surface area contributed by atoms with Gasteiger partial charge in [0.05, 0.1) is 0 Å². The van der Waals surface area contributed by atoms with Gasteiger partial charge < -0.3 is 4.90 Å². The molecule has 1 aliphatic rings. The molecule has 0 aliphatic heterocycles. The number of nitrogens with one attached hydrogen (secondary N) is 1. The van der Waals surface area contributed by atoms with Gasteiger partial charge in [-0.2, -0.15) is 0 Å². The molecule has 0 heterocycles. The number of amides is 2. The molecule has 0 bridgehead atoms. The van der Waals surface area contributed by atoms with E-state index in [9.17, 15) is 9.59 Å². The summed E-state index contributed by atoms with van der Waals surface area (Å²) in [5.74, 6) is -0.486. The number of hydrogen-bond donors (Lipinski definition) is 2. The summed E-state index contributed by atoms with van der Waals surface area (Å²) in [7, 11) is 1.66. The van der Waals surface area contributed by atoms with Crippen LogP contribution in [-0.4, -0.2) is 35.0 Å². The van der Waals surface area contributed by atoms with Crippen LogP contribution in [0.4, 0.5) is 0 Å². The maximum atomic E-state index is 12.5. The predicted octanol–water partition coefficient (Wildman–Crippen LogP) is 2.14. The van der Waals surface area contributed by atoms with Crippen molar-refractivity contribution in [2.75, 3.05) is 7.05 Å². The molecule has 0 aromatic heterocycles. The number of carbonyl (C=O) groups is 2. The quantitative estimate of drug-likeness (QED) is 0.625. The zero-order valence-corrected chi connectivity index (χ0v) is 13.0. The third-order valence-electron chi connectivity index (χ3n) is 4.48.